The van der Waals surface area contributed by atoms with E-state index in [1.54, 1.807) is 0 Å². The average molecular weight is 353 g/mol. The minimum atomic E-state index is 0.0603. The largest absolute Gasteiger partial charge is 0.351 e. The van der Waals surface area contributed by atoms with Gasteiger partial charge in [-0.1, -0.05) is 56.0 Å². The van der Waals surface area contributed by atoms with Crippen molar-refractivity contribution >= 4 is 5.91 Å². The van der Waals surface area contributed by atoms with Crippen LogP contribution < -0.4 is 10.6 Å². The van der Waals surface area contributed by atoms with E-state index in [-0.39, 0.29) is 11.9 Å². The van der Waals surface area contributed by atoms with Crippen LogP contribution in [0.3, 0.4) is 0 Å². The molecule has 3 aliphatic carbocycles. The molecule has 5 rings (SSSR count). The number of aryl methyl sites for hydroxylation is 1. The zero-order chi connectivity index (χ0) is 17.5. The van der Waals surface area contributed by atoms with Crippen LogP contribution in [0.2, 0.25) is 0 Å². The van der Waals surface area contributed by atoms with Crippen LogP contribution in [0, 0.1) is 29.6 Å². The number of amides is 1. The van der Waals surface area contributed by atoms with Gasteiger partial charge in [0.2, 0.25) is 5.91 Å². The first-order chi connectivity index (χ1) is 12.8. The maximum absolute atomic E-state index is 12.7. The normalized spacial score (nSPS) is 40.8. The fraction of sp³-hybridized carbons (Fsp3) is 0.696. The third-order valence-corrected chi connectivity index (χ3v) is 7.95. The molecule has 3 heteroatoms. The number of hydrogen-bond donors (Lipinski definition) is 2. The Kier molecular flexibility index (Phi) is 4.52. The van der Waals surface area contributed by atoms with Crippen molar-refractivity contribution in [1.29, 1.82) is 0 Å². The molecule has 4 aliphatic rings. The van der Waals surface area contributed by atoms with E-state index in [0.29, 0.717) is 12.0 Å². The van der Waals surface area contributed by atoms with Gasteiger partial charge in [0.25, 0.3) is 0 Å². The zero-order valence-corrected chi connectivity index (χ0v) is 15.7. The Labute approximate surface area is 157 Å². The molecule has 0 bridgehead atoms. The topological polar surface area (TPSA) is 41.1 Å². The van der Waals surface area contributed by atoms with Crippen LogP contribution in [-0.2, 0) is 11.2 Å². The Morgan fingerprint density at radius 2 is 1.73 bits per heavy atom. The number of nitrogens with one attached hydrogen (secondary N) is 2. The summed E-state index contributed by atoms with van der Waals surface area (Å²) in [5, 5.41) is 7.11. The minimum Gasteiger partial charge on any atom is -0.351 e. The number of fused-ring (bicyclic) bond motifs is 3. The van der Waals surface area contributed by atoms with Crippen molar-refractivity contribution < 1.29 is 4.79 Å². The summed E-state index contributed by atoms with van der Waals surface area (Å²) in [6, 6.07) is 11.2. The number of hydrogen-bond acceptors (Lipinski definition) is 2. The van der Waals surface area contributed by atoms with Gasteiger partial charge in [-0.25, -0.2) is 0 Å². The lowest BCUT2D eigenvalue weighted by atomic mass is 9.63. The molecule has 1 aliphatic heterocycles. The lowest BCUT2D eigenvalue weighted by molar-refractivity contribution is -0.122. The van der Waals surface area contributed by atoms with Gasteiger partial charge in [0.1, 0.15) is 0 Å². The summed E-state index contributed by atoms with van der Waals surface area (Å²) in [6.07, 6.45) is 10.6. The van der Waals surface area contributed by atoms with E-state index in [1.807, 2.05) is 0 Å². The van der Waals surface area contributed by atoms with Gasteiger partial charge in [-0.05, 0) is 61.5 Å². The molecule has 2 N–H and O–H groups in total. The molecule has 1 heterocycles. The van der Waals surface area contributed by atoms with Crippen molar-refractivity contribution in [1.82, 2.24) is 10.6 Å². The highest BCUT2D eigenvalue weighted by Crippen LogP contribution is 2.58. The van der Waals surface area contributed by atoms with E-state index < -0.39 is 0 Å². The zero-order valence-electron chi connectivity index (χ0n) is 15.7. The Morgan fingerprint density at radius 3 is 2.54 bits per heavy atom. The van der Waals surface area contributed by atoms with Gasteiger partial charge < -0.3 is 10.6 Å². The summed E-state index contributed by atoms with van der Waals surface area (Å²) in [4.78, 5) is 12.7. The third-order valence-electron chi connectivity index (χ3n) is 7.95. The summed E-state index contributed by atoms with van der Waals surface area (Å²) in [5.41, 5.74) is 1.39. The maximum Gasteiger partial charge on any atom is 0.237 e. The molecule has 1 aromatic carbocycles. The average Bonchev–Trinajstić information content (AvgIpc) is 3.16. The maximum atomic E-state index is 12.7. The molecular formula is C23H32N2O. The molecule has 1 saturated heterocycles. The van der Waals surface area contributed by atoms with Crippen molar-refractivity contribution in [3.05, 3.63) is 35.9 Å². The lowest BCUT2D eigenvalue weighted by Crippen LogP contribution is -2.45. The lowest BCUT2D eigenvalue weighted by Gasteiger charge is -2.42. The van der Waals surface area contributed by atoms with Crippen LogP contribution in [0.1, 0.15) is 50.5 Å². The van der Waals surface area contributed by atoms with Crippen LogP contribution in [0.15, 0.2) is 30.3 Å². The molecule has 26 heavy (non-hydrogen) atoms. The number of benzene rings is 1. The summed E-state index contributed by atoms with van der Waals surface area (Å²) in [7, 11) is 0. The first-order valence-corrected chi connectivity index (χ1v) is 10.9. The second kappa shape index (κ2) is 6.99. The monoisotopic (exact) mass is 352 g/mol. The van der Waals surface area contributed by atoms with E-state index in [2.05, 4.69) is 41.0 Å². The molecule has 3 saturated carbocycles. The first-order valence-electron chi connectivity index (χ1n) is 10.9. The molecule has 4 fully saturated rings. The van der Waals surface area contributed by atoms with Crippen molar-refractivity contribution in [2.45, 2.75) is 63.5 Å². The van der Waals surface area contributed by atoms with Crippen LogP contribution in [0.25, 0.3) is 0 Å². The molecule has 0 spiro atoms. The van der Waals surface area contributed by atoms with E-state index in [4.69, 9.17) is 0 Å². The van der Waals surface area contributed by atoms with E-state index in [0.717, 1.165) is 43.1 Å². The second-order valence-corrected chi connectivity index (χ2v) is 9.16. The van der Waals surface area contributed by atoms with Crippen molar-refractivity contribution in [3.8, 4) is 0 Å². The molecular weight excluding hydrogens is 320 g/mol. The minimum absolute atomic E-state index is 0.0603. The molecule has 7 atom stereocenters. The Balaban J connectivity index is 1.24. The number of carbonyl (C=O) groups is 1. The third kappa shape index (κ3) is 2.79. The Hall–Kier alpha value is -1.35. The molecule has 1 aromatic rings. The molecule has 3 nitrogen and oxygen atoms in total. The molecule has 1 amide bonds. The summed E-state index contributed by atoms with van der Waals surface area (Å²) >= 11 is 0. The van der Waals surface area contributed by atoms with Crippen LogP contribution in [0.5, 0.6) is 0 Å². The summed E-state index contributed by atoms with van der Waals surface area (Å²) in [6.45, 7) is 0.946. The summed E-state index contributed by atoms with van der Waals surface area (Å²) in [5.74, 6) is 4.25. The van der Waals surface area contributed by atoms with E-state index in [9.17, 15) is 4.79 Å². The second-order valence-electron chi connectivity index (χ2n) is 9.16. The van der Waals surface area contributed by atoms with Gasteiger partial charge in [0.05, 0.1) is 6.04 Å². The molecule has 0 aromatic heterocycles. The van der Waals surface area contributed by atoms with Crippen molar-refractivity contribution in [3.63, 3.8) is 0 Å². The van der Waals surface area contributed by atoms with E-state index in [1.165, 1.54) is 44.1 Å². The smallest absolute Gasteiger partial charge is 0.237 e. The number of rotatable bonds is 5. The van der Waals surface area contributed by atoms with Crippen molar-refractivity contribution in [2.75, 3.05) is 6.54 Å². The fourth-order valence-electron chi connectivity index (χ4n) is 7.09. The molecule has 0 radical (unpaired) electrons. The van der Waals surface area contributed by atoms with Crippen molar-refractivity contribution in [2.24, 2.45) is 29.6 Å². The van der Waals surface area contributed by atoms with Gasteiger partial charge in [0, 0.05) is 12.0 Å². The highest BCUT2D eigenvalue weighted by Gasteiger charge is 2.61. The standard InChI is InChI=1S/C23H32N2O/c26-23-22(24-14-6-9-15-7-2-1-3-8-15)20-17-12-4-10-16-11-5-13-18(19(16)17)21(20)25-23/h1-3,7-8,16-22,24H,4-6,9-14H2,(H,25,26). The van der Waals surface area contributed by atoms with E-state index >= 15 is 0 Å². The fourth-order valence-corrected chi connectivity index (χ4v) is 7.09. The highest BCUT2D eigenvalue weighted by molar-refractivity contribution is 5.85. The SMILES string of the molecule is O=C1NC2C3CCCC4CCCC(C43)C2C1NCCCc1ccccc1. The Bertz CT molecular complexity index is 643. The van der Waals surface area contributed by atoms with Gasteiger partial charge >= 0.3 is 0 Å². The number of carbonyl (C=O) groups excluding carboxylic acids is 1. The predicted octanol–water partition coefficient (Wildman–Crippen LogP) is 3.54. The van der Waals surface area contributed by atoms with Crippen LogP contribution in [0.4, 0.5) is 0 Å². The molecule has 7 unspecified atom stereocenters. The van der Waals surface area contributed by atoms with Crippen LogP contribution >= 0.6 is 0 Å². The predicted molar refractivity (Wildman–Crippen MR) is 104 cm³/mol. The van der Waals surface area contributed by atoms with Gasteiger partial charge in [-0.15, -0.1) is 0 Å². The quantitative estimate of drug-likeness (QED) is 0.796. The summed E-state index contributed by atoms with van der Waals surface area (Å²) < 4.78 is 0. The van der Waals surface area contributed by atoms with Crippen LogP contribution in [-0.4, -0.2) is 24.5 Å². The molecule has 140 valence electrons. The Morgan fingerprint density at radius 1 is 0.962 bits per heavy atom. The van der Waals surface area contributed by atoms with Gasteiger partial charge in [-0.3, -0.25) is 4.79 Å². The first kappa shape index (κ1) is 16.8. The highest BCUT2D eigenvalue weighted by atomic mass is 16.2. The van der Waals surface area contributed by atoms with Gasteiger partial charge in [0.15, 0.2) is 0 Å². The van der Waals surface area contributed by atoms with Gasteiger partial charge in [-0.2, -0.15) is 0 Å².